The van der Waals surface area contributed by atoms with Gasteiger partial charge in [0.2, 0.25) is 0 Å². The van der Waals surface area contributed by atoms with E-state index in [0.717, 1.165) is 12.1 Å². The van der Waals surface area contributed by atoms with Crippen molar-refractivity contribution < 1.29 is 28.3 Å². The van der Waals surface area contributed by atoms with E-state index < -0.39 is 50.2 Å². The van der Waals surface area contributed by atoms with Crippen molar-refractivity contribution >= 4 is 21.7 Å². The number of sulfonamides is 1. The number of carboxylic acids is 1. The highest BCUT2D eigenvalue weighted by atomic mass is 32.2. The fourth-order valence-electron chi connectivity index (χ4n) is 2.23. The third-order valence-electron chi connectivity index (χ3n) is 3.17. The summed E-state index contributed by atoms with van der Waals surface area (Å²) in [7, 11) is -4.39. The minimum Gasteiger partial charge on any atom is -0.480 e. The summed E-state index contributed by atoms with van der Waals surface area (Å²) in [6, 6.07) is 3.24. The molecule has 1 aliphatic rings. The number of aliphatic hydroxyl groups is 1. The number of carboxylic acid groups (broad SMARTS) is 1. The van der Waals surface area contributed by atoms with Crippen molar-refractivity contribution in [3.05, 3.63) is 34.4 Å². The Morgan fingerprint density at radius 2 is 2.00 bits per heavy atom. The second-order valence-corrected chi connectivity index (χ2v) is 6.40. The van der Waals surface area contributed by atoms with Crippen LogP contribution in [0.3, 0.4) is 0 Å². The fourth-order valence-corrected chi connectivity index (χ4v) is 4.02. The van der Waals surface area contributed by atoms with E-state index in [1.807, 2.05) is 0 Å². The maximum absolute atomic E-state index is 12.5. The Balaban J connectivity index is 2.52. The number of aliphatic hydroxyl groups excluding tert-OH is 1. The lowest BCUT2D eigenvalue weighted by molar-refractivity contribution is -0.387. The zero-order valence-corrected chi connectivity index (χ0v) is 11.4. The molecule has 2 N–H and O–H groups in total. The van der Waals surface area contributed by atoms with Crippen molar-refractivity contribution in [3.63, 3.8) is 0 Å². The topological polar surface area (TPSA) is 138 Å². The van der Waals surface area contributed by atoms with Crippen LogP contribution in [0.1, 0.15) is 6.42 Å². The third-order valence-corrected chi connectivity index (χ3v) is 5.09. The molecule has 2 rings (SSSR count). The zero-order chi connectivity index (χ0) is 15.8. The average molecular weight is 316 g/mol. The molecule has 1 saturated heterocycles. The first-order chi connectivity index (χ1) is 9.75. The van der Waals surface area contributed by atoms with Gasteiger partial charge < -0.3 is 10.2 Å². The van der Waals surface area contributed by atoms with Gasteiger partial charge in [0, 0.05) is 19.0 Å². The quantitative estimate of drug-likeness (QED) is 0.579. The van der Waals surface area contributed by atoms with Crippen molar-refractivity contribution in [2.75, 3.05) is 6.54 Å². The number of benzene rings is 1. The molecule has 9 nitrogen and oxygen atoms in total. The summed E-state index contributed by atoms with van der Waals surface area (Å²) in [4.78, 5) is 20.6. The summed E-state index contributed by atoms with van der Waals surface area (Å²) >= 11 is 0. The van der Waals surface area contributed by atoms with E-state index in [1.54, 1.807) is 0 Å². The van der Waals surface area contributed by atoms with Gasteiger partial charge >= 0.3 is 5.97 Å². The number of nitrogens with zero attached hydrogens (tertiary/aromatic N) is 2. The molecule has 21 heavy (non-hydrogen) atoms. The van der Waals surface area contributed by atoms with Gasteiger partial charge in [-0.25, -0.2) is 8.42 Å². The number of nitro benzene ring substituents is 1. The van der Waals surface area contributed by atoms with E-state index in [4.69, 9.17) is 5.11 Å². The number of hydrogen-bond acceptors (Lipinski definition) is 6. The Morgan fingerprint density at radius 1 is 1.38 bits per heavy atom. The molecule has 0 bridgehead atoms. The van der Waals surface area contributed by atoms with E-state index in [9.17, 15) is 28.4 Å². The van der Waals surface area contributed by atoms with Gasteiger partial charge in [0.1, 0.15) is 6.04 Å². The van der Waals surface area contributed by atoms with Gasteiger partial charge in [-0.3, -0.25) is 14.9 Å². The minimum atomic E-state index is -4.39. The van der Waals surface area contributed by atoms with Crippen LogP contribution >= 0.6 is 0 Å². The number of hydrogen-bond donors (Lipinski definition) is 2. The van der Waals surface area contributed by atoms with E-state index >= 15 is 0 Å². The predicted octanol–water partition coefficient (Wildman–Crippen LogP) is -0.197. The molecular weight excluding hydrogens is 304 g/mol. The summed E-state index contributed by atoms with van der Waals surface area (Å²) in [6.07, 6.45) is -1.38. The summed E-state index contributed by atoms with van der Waals surface area (Å²) in [5, 5.41) is 29.5. The molecule has 1 aliphatic heterocycles. The van der Waals surface area contributed by atoms with Crippen molar-refractivity contribution in [1.29, 1.82) is 0 Å². The van der Waals surface area contributed by atoms with Gasteiger partial charge in [0.25, 0.3) is 15.7 Å². The number of β-amino-alcohol motifs (C(OH)–C–C–N with tert-alkyl or cyclic N) is 1. The Kier molecular flexibility index (Phi) is 3.94. The molecule has 1 fully saturated rings. The van der Waals surface area contributed by atoms with Crippen LogP contribution in [-0.2, 0) is 14.8 Å². The lowest BCUT2D eigenvalue weighted by atomic mass is 10.2. The van der Waals surface area contributed by atoms with Gasteiger partial charge in [-0.15, -0.1) is 0 Å². The SMILES string of the molecule is O=C(O)[C@@H]1CC(O)CN1S(=O)(=O)c1ccccc1[N+](=O)[O-]. The molecule has 10 heteroatoms. The number of aliphatic carboxylic acids is 1. The number of para-hydroxylation sites is 1. The van der Waals surface area contributed by atoms with Gasteiger partial charge in [0.15, 0.2) is 4.90 Å². The molecule has 0 aromatic heterocycles. The molecule has 0 spiro atoms. The van der Waals surface area contributed by atoms with Crippen LogP contribution in [0.4, 0.5) is 5.69 Å². The molecule has 0 aliphatic carbocycles. The van der Waals surface area contributed by atoms with Crippen LogP contribution in [0.5, 0.6) is 0 Å². The molecule has 1 aromatic carbocycles. The molecule has 0 radical (unpaired) electrons. The summed E-state index contributed by atoms with van der Waals surface area (Å²) in [5.74, 6) is -1.41. The maximum atomic E-state index is 12.5. The highest BCUT2D eigenvalue weighted by Crippen LogP contribution is 2.31. The molecule has 114 valence electrons. The Labute approximate surface area is 119 Å². The first-order valence-electron chi connectivity index (χ1n) is 5.91. The highest BCUT2D eigenvalue weighted by Gasteiger charge is 2.45. The summed E-state index contributed by atoms with van der Waals surface area (Å²) < 4.78 is 25.5. The molecule has 2 atom stereocenters. The standard InChI is InChI=1S/C11H12N2O7S/c14-7-5-9(11(15)16)12(6-7)21(19,20)10-4-2-1-3-8(10)13(17)18/h1-4,7,9,14H,5-6H2,(H,15,16)/t7?,9-/m0/s1. The number of nitro groups is 1. The highest BCUT2D eigenvalue weighted by molar-refractivity contribution is 7.89. The Morgan fingerprint density at radius 3 is 2.57 bits per heavy atom. The van der Waals surface area contributed by atoms with Crippen molar-refractivity contribution in [1.82, 2.24) is 4.31 Å². The molecular formula is C11H12N2O7S. The first-order valence-corrected chi connectivity index (χ1v) is 7.35. The van der Waals surface area contributed by atoms with Gasteiger partial charge in [0.05, 0.1) is 11.0 Å². The van der Waals surface area contributed by atoms with Gasteiger partial charge in [-0.05, 0) is 6.07 Å². The van der Waals surface area contributed by atoms with E-state index in [-0.39, 0.29) is 6.42 Å². The second-order valence-electron chi connectivity index (χ2n) is 4.54. The molecule has 1 heterocycles. The smallest absolute Gasteiger partial charge is 0.322 e. The molecule has 0 amide bonds. The summed E-state index contributed by atoms with van der Waals surface area (Å²) in [6.45, 7) is -0.411. The monoisotopic (exact) mass is 316 g/mol. The Hall–Kier alpha value is -2.04. The molecule has 1 aromatic rings. The van der Waals surface area contributed by atoms with Crippen LogP contribution in [0, 0.1) is 10.1 Å². The average Bonchev–Trinajstić information content (AvgIpc) is 2.82. The lowest BCUT2D eigenvalue weighted by Crippen LogP contribution is -2.40. The van der Waals surface area contributed by atoms with Crippen molar-refractivity contribution in [3.8, 4) is 0 Å². The minimum absolute atomic E-state index is 0.255. The van der Waals surface area contributed by atoms with Crippen LogP contribution < -0.4 is 0 Å². The maximum Gasteiger partial charge on any atom is 0.322 e. The molecule has 0 saturated carbocycles. The van der Waals surface area contributed by atoms with Gasteiger partial charge in [-0.1, -0.05) is 12.1 Å². The zero-order valence-electron chi connectivity index (χ0n) is 10.6. The van der Waals surface area contributed by atoms with Crippen LogP contribution in [-0.4, -0.2) is 52.5 Å². The number of rotatable bonds is 4. The van der Waals surface area contributed by atoms with Crippen molar-refractivity contribution in [2.45, 2.75) is 23.5 Å². The normalized spacial score (nSPS) is 23.1. The third kappa shape index (κ3) is 2.73. The lowest BCUT2D eigenvalue weighted by Gasteiger charge is -2.20. The van der Waals surface area contributed by atoms with E-state index in [1.165, 1.54) is 12.1 Å². The fraction of sp³-hybridized carbons (Fsp3) is 0.364. The summed E-state index contributed by atoms with van der Waals surface area (Å²) in [5.41, 5.74) is -0.636. The van der Waals surface area contributed by atoms with Crippen LogP contribution in [0.15, 0.2) is 29.2 Å². The van der Waals surface area contributed by atoms with Gasteiger partial charge in [-0.2, -0.15) is 4.31 Å². The van der Waals surface area contributed by atoms with Crippen molar-refractivity contribution in [2.24, 2.45) is 0 Å². The van der Waals surface area contributed by atoms with Crippen LogP contribution in [0.25, 0.3) is 0 Å². The Bertz CT molecular complexity index is 688. The van der Waals surface area contributed by atoms with Crippen LogP contribution in [0.2, 0.25) is 0 Å². The predicted molar refractivity (Wildman–Crippen MR) is 69.0 cm³/mol. The second kappa shape index (κ2) is 5.39. The van der Waals surface area contributed by atoms with E-state index in [2.05, 4.69) is 0 Å². The largest absolute Gasteiger partial charge is 0.480 e. The van der Waals surface area contributed by atoms with E-state index in [0.29, 0.717) is 4.31 Å². The first kappa shape index (κ1) is 15.4. The molecule has 1 unspecified atom stereocenters. The number of carbonyl (C=O) groups is 1.